The molecule has 0 spiro atoms. The number of rotatable bonds is 3. The zero-order valence-electron chi connectivity index (χ0n) is 10.8. The summed E-state index contributed by atoms with van der Waals surface area (Å²) in [6, 6.07) is 2.00. The van der Waals surface area contributed by atoms with E-state index in [-0.39, 0.29) is 0 Å². The van der Waals surface area contributed by atoms with Gasteiger partial charge >= 0.3 is 5.97 Å². The van der Waals surface area contributed by atoms with Crippen LogP contribution in [0.15, 0.2) is 18.5 Å². The minimum Gasteiger partial charge on any atom is -0.478 e. The lowest BCUT2D eigenvalue weighted by atomic mass is 10.1. The van der Waals surface area contributed by atoms with Crippen LogP contribution in [-0.2, 0) is 0 Å². The van der Waals surface area contributed by atoms with Crippen molar-refractivity contribution in [1.82, 2.24) is 9.88 Å². The summed E-state index contributed by atoms with van der Waals surface area (Å²) in [6.07, 6.45) is 3.18. The third-order valence-electron chi connectivity index (χ3n) is 3.54. The molecule has 1 aliphatic rings. The van der Waals surface area contributed by atoms with E-state index >= 15 is 0 Å². The standard InChI is InChI=1S/C13H19N3O2/c1-3-15-6-7-16(9-10(15)2)12-8-14-5-4-11(12)13(17)18/h4-5,8,10H,3,6-7,9H2,1-2H3,(H,17,18). The van der Waals surface area contributed by atoms with Gasteiger partial charge < -0.3 is 10.0 Å². The molecule has 5 heteroatoms. The fourth-order valence-electron chi connectivity index (χ4n) is 2.50. The topological polar surface area (TPSA) is 56.7 Å². The Morgan fingerprint density at radius 1 is 1.56 bits per heavy atom. The third kappa shape index (κ3) is 2.46. The summed E-state index contributed by atoms with van der Waals surface area (Å²) in [6.45, 7) is 8.02. The van der Waals surface area contributed by atoms with Gasteiger partial charge in [-0.3, -0.25) is 9.88 Å². The lowest BCUT2D eigenvalue weighted by Gasteiger charge is -2.40. The highest BCUT2D eigenvalue weighted by atomic mass is 16.4. The van der Waals surface area contributed by atoms with E-state index in [0.29, 0.717) is 11.6 Å². The molecule has 0 saturated carbocycles. The molecule has 0 amide bonds. The molecule has 0 radical (unpaired) electrons. The molecule has 98 valence electrons. The number of carboxylic acids is 1. The van der Waals surface area contributed by atoms with Gasteiger partial charge in [-0.2, -0.15) is 0 Å². The summed E-state index contributed by atoms with van der Waals surface area (Å²) in [5, 5.41) is 9.20. The molecule has 0 aromatic carbocycles. The summed E-state index contributed by atoms with van der Waals surface area (Å²) in [5.41, 5.74) is 1.06. The first-order valence-electron chi connectivity index (χ1n) is 6.29. The molecule has 0 bridgehead atoms. The highest BCUT2D eigenvalue weighted by Crippen LogP contribution is 2.22. The monoisotopic (exact) mass is 249 g/mol. The maximum absolute atomic E-state index is 11.2. The van der Waals surface area contributed by atoms with Crippen molar-refractivity contribution in [1.29, 1.82) is 0 Å². The van der Waals surface area contributed by atoms with Crippen molar-refractivity contribution in [2.75, 3.05) is 31.1 Å². The van der Waals surface area contributed by atoms with Gasteiger partial charge in [-0.1, -0.05) is 6.92 Å². The van der Waals surface area contributed by atoms with Crippen LogP contribution in [0.2, 0.25) is 0 Å². The quantitative estimate of drug-likeness (QED) is 0.875. The molecule has 0 aliphatic carbocycles. The molecule has 1 saturated heterocycles. The Kier molecular flexibility index (Phi) is 3.81. The molecule has 1 N–H and O–H groups in total. The fraction of sp³-hybridized carbons (Fsp3) is 0.538. The number of anilines is 1. The molecule has 5 nitrogen and oxygen atoms in total. The van der Waals surface area contributed by atoms with Gasteiger partial charge in [0.15, 0.2) is 0 Å². The highest BCUT2D eigenvalue weighted by molar-refractivity contribution is 5.94. The van der Waals surface area contributed by atoms with E-state index in [0.717, 1.165) is 31.9 Å². The van der Waals surface area contributed by atoms with Crippen LogP contribution in [0.3, 0.4) is 0 Å². The smallest absolute Gasteiger partial charge is 0.337 e. The Hall–Kier alpha value is -1.62. The van der Waals surface area contributed by atoms with Crippen LogP contribution in [0.5, 0.6) is 0 Å². The molecule has 1 unspecified atom stereocenters. The van der Waals surface area contributed by atoms with Crippen molar-refractivity contribution in [3.63, 3.8) is 0 Å². The predicted octanol–water partition coefficient (Wildman–Crippen LogP) is 1.31. The molecule has 1 aromatic heterocycles. The molecule has 1 aliphatic heterocycles. The maximum atomic E-state index is 11.2. The van der Waals surface area contributed by atoms with Crippen LogP contribution in [0.1, 0.15) is 24.2 Å². The lowest BCUT2D eigenvalue weighted by Crippen LogP contribution is -2.52. The van der Waals surface area contributed by atoms with Crippen LogP contribution in [0, 0.1) is 0 Å². The minimum atomic E-state index is -0.891. The number of piperazine rings is 1. The van der Waals surface area contributed by atoms with Gasteiger partial charge in [0.2, 0.25) is 0 Å². The van der Waals surface area contributed by atoms with Crippen molar-refractivity contribution in [3.8, 4) is 0 Å². The van der Waals surface area contributed by atoms with Crippen molar-refractivity contribution < 1.29 is 9.90 Å². The van der Waals surface area contributed by atoms with Gasteiger partial charge in [0.05, 0.1) is 17.4 Å². The predicted molar refractivity (Wildman–Crippen MR) is 70.1 cm³/mol. The Balaban J connectivity index is 2.20. The van der Waals surface area contributed by atoms with Gasteiger partial charge in [-0.15, -0.1) is 0 Å². The van der Waals surface area contributed by atoms with E-state index in [1.165, 1.54) is 6.20 Å². The van der Waals surface area contributed by atoms with Crippen LogP contribution >= 0.6 is 0 Å². The molecular formula is C13H19N3O2. The number of carboxylic acid groups (broad SMARTS) is 1. The average molecular weight is 249 g/mol. The van der Waals surface area contributed by atoms with Gasteiger partial charge in [-0.25, -0.2) is 4.79 Å². The SMILES string of the molecule is CCN1CCN(c2cnccc2C(=O)O)CC1C. The Bertz CT molecular complexity index is 436. The maximum Gasteiger partial charge on any atom is 0.337 e. The summed E-state index contributed by atoms with van der Waals surface area (Å²) in [7, 11) is 0. The Labute approximate surface area is 107 Å². The number of hydrogen-bond acceptors (Lipinski definition) is 4. The molecule has 2 heterocycles. The highest BCUT2D eigenvalue weighted by Gasteiger charge is 2.25. The number of likely N-dealkylation sites (N-methyl/N-ethyl adjacent to an activating group) is 1. The van der Waals surface area contributed by atoms with E-state index in [9.17, 15) is 9.90 Å². The van der Waals surface area contributed by atoms with Crippen molar-refractivity contribution >= 4 is 11.7 Å². The minimum absolute atomic E-state index is 0.335. The van der Waals surface area contributed by atoms with E-state index in [4.69, 9.17) is 0 Å². The second-order valence-corrected chi connectivity index (χ2v) is 4.62. The fourth-order valence-corrected chi connectivity index (χ4v) is 2.50. The van der Waals surface area contributed by atoms with Gasteiger partial charge in [0.25, 0.3) is 0 Å². The number of carbonyl (C=O) groups is 1. The molecule has 2 rings (SSSR count). The number of aromatic nitrogens is 1. The Morgan fingerprint density at radius 2 is 2.33 bits per heavy atom. The van der Waals surface area contributed by atoms with Crippen molar-refractivity contribution in [3.05, 3.63) is 24.0 Å². The van der Waals surface area contributed by atoms with E-state index < -0.39 is 5.97 Å². The number of pyridine rings is 1. The average Bonchev–Trinajstić information content (AvgIpc) is 2.38. The molecule has 1 atom stereocenters. The first-order valence-corrected chi connectivity index (χ1v) is 6.29. The summed E-state index contributed by atoms with van der Waals surface area (Å²) >= 11 is 0. The molecular weight excluding hydrogens is 230 g/mol. The second kappa shape index (κ2) is 5.35. The van der Waals surface area contributed by atoms with E-state index in [1.54, 1.807) is 12.3 Å². The van der Waals surface area contributed by atoms with Gasteiger partial charge in [0, 0.05) is 31.9 Å². The second-order valence-electron chi connectivity index (χ2n) is 4.62. The number of nitrogens with zero attached hydrogens (tertiary/aromatic N) is 3. The van der Waals surface area contributed by atoms with Crippen molar-refractivity contribution in [2.45, 2.75) is 19.9 Å². The largest absolute Gasteiger partial charge is 0.478 e. The first-order chi connectivity index (χ1) is 8.63. The van der Waals surface area contributed by atoms with Crippen LogP contribution < -0.4 is 4.90 Å². The van der Waals surface area contributed by atoms with E-state index in [1.807, 2.05) is 0 Å². The number of aromatic carboxylic acids is 1. The first kappa shape index (κ1) is 12.8. The molecule has 1 aromatic rings. The molecule has 18 heavy (non-hydrogen) atoms. The zero-order chi connectivity index (χ0) is 13.1. The lowest BCUT2D eigenvalue weighted by molar-refractivity contribution is 0.0697. The van der Waals surface area contributed by atoms with Crippen LogP contribution in [-0.4, -0.2) is 53.2 Å². The van der Waals surface area contributed by atoms with Gasteiger partial charge in [0.1, 0.15) is 0 Å². The summed E-state index contributed by atoms with van der Waals surface area (Å²) < 4.78 is 0. The Morgan fingerprint density at radius 3 is 2.94 bits per heavy atom. The van der Waals surface area contributed by atoms with E-state index in [2.05, 4.69) is 28.6 Å². The zero-order valence-corrected chi connectivity index (χ0v) is 10.8. The molecule has 1 fully saturated rings. The number of hydrogen-bond donors (Lipinski definition) is 1. The van der Waals surface area contributed by atoms with Gasteiger partial charge in [-0.05, 0) is 19.5 Å². The van der Waals surface area contributed by atoms with Crippen LogP contribution in [0.4, 0.5) is 5.69 Å². The van der Waals surface area contributed by atoms with Crippen LogP contribution in [0.25, 0.3) is 0 Å². The normalized spacial score (nSPS) is 21.0. The summed E-state index contributed by atoms with van der Waals surface area (Å²) in [4.78, 5) is 19.8. The third-order valence-corrected chi connectivity index (χ3v) is 3.54. The van der Waals surface area contributed by atoms with Crippen molar-refractivity contribution in [2.24, 2.45) is 0 Å². The summed E-state index contributed by atoms with van der Waals surface area (Å²) in [5.74, 6) is -0.891.